The number of aliphatic hydroxyl groups excluding tert-OH is 3. The largest absolute Gasteiger partial charge is 0.391 e. The molecular weight excluding hydrogens is 202 g/mol. The summed E-state index contributed by atoms with van der Waals surface area (Å²) in [5.74, 6) is -2.04. The normalized spacial score (nSPS) is 41.0. The van der Waals surface area contributed by atoms with E-state index in [0.717, 1.165) is 13.0 Å². The van der Waals surface area contributed by atoms with Crippen molar-refractivity contribution in [3.8, 4) is 0 Å². The highest BCUT2D eigenvalue weighted by Crippen LogP contribution is 2.28. The van der Waals surface area contributed by atoms with Crippen LogP contribution in [0.1, 0.15) is 13.3 Å². The number of hydrogen-bond acceptors (Lipinski definition) is 6. The second-order valence-electron chi connectivity index (χ2n) is 3.80. The van der Waals surface area contributed by atoms with Gasteiger partial charge in [-0.3, -0.25) is 0 Å². The first-order chi connectivity index (χ1) is 7.05. The molecule has 4 atom stereocenters. The zero-order valence-electron chi connectivity index (χ0n) is 8.76. The SMILES string of the molecule is CCCNC[C@@H]1O[C@](O)(CO)[C@@H](O)[C@@H]1O. The summed E-state index contributed by atoms with van der Waals surface area (Å²) in [6, 6.07) is 0. The van der Waals surface area contributed by atoms with Crippen LogP contribution in [0.15, 0.2) is 0 Å². The van der Waals surface area contributed by atoms with Crippen molar-refractivity contribution in [3.63, 3.8) is 0 Å². The van der Waals surface area contributed by atoms with Crippen LogP contribution < -0.4 is 5.32 Å². The van der Waals surface area contributed by atoms with E-state index in [1.165, 1.54) is 0 Å². The Bertz CT molecular complexity index is 203. The molecule has 1 aliphatic rings. The zero-order chi connectivity index (χ0) is 11.5. The Morgan fingerprint density at radius 3 is 2.53 bits per heavy atom. The molecule has 0 saturated carbocycles. The molecular formula is C9H19NO5. The molecule has 1 saturated heterocycles. The van der Waals surface area contributed by atoms with E-state index >= 15 is 0 Å². The summed E-state index contributed by atoms with van der Waals surface area (Å²) in [6.45, 7) is 2.35. The van der Waals surface area contributed by atoms with Crippen LogP contribution in [0.3, 0.4) is 0 Å². The van der Waals surface area contributed by atoms with Crippen LogP contribution >= 0.6 is 0 Å². The van der Waals surface area contributed by atoms with Crippen molar-refractivity contribution in [1.82, 2.24) is 5.32 Å². The molecule has 0 aromatic heterocycles. The Labute approximate surface area is 88.5 Å². The average Bonchev–Trinajstić information content (AvgIpc) is 2.45. The van der Waals surface area contributed by atoms with Crippen LogP contribution in [0.2, 0.25) is 0 Å². The van der Waals surface area contributed by atoms with E-state index < -0.39 is 30.7 Å². The third-order valence-electron chi connectivity index (χ3n) is 2.52. The molecule has 1 aliphatic heterocycles. The van der Waals surface area contributed by atoms with E-state index in [2.05, 4.69) is 5.32 Å². The minimum absolute atomic E-state index is 0.328. The minimum atomic E-state index is -2.04. The quantitative estimate of drug-likeness (QED) is 0.337. The van der Waals surface area contributed by atoms with E-state index in [0.29, 0.717) is 6.54 Å². The lowest BCUT2D eigenvalue weighted by Gasteiger charge is -2.22. The van der Waals surface area contributed by atoms with Gasteiger partial charge in [0.15, 0.2) is 0 Å². The summed E-state index contributed by atoms with van der Waals surface area (Å²) in [5, 5.41) is 40.4. The van der Waals surface area contributed by atoms with E-state index in [9.17, 15) is 15.3 Å². The maximum absolute atomic E-state index is 9.56. The van der Waals surface area contributed by atoms with Crippen LogP contribution in [0.5, 0.6) is 0 Å². The van der Waals surface area contributed by atoms with Gasteiger partial charge in [-0.2, -0.15) is 0 Å². The molecule has 6 heteroatoms. The molecule has 0 aromatic carbocycles. The molecule has 0 spiro atoms. The lowest BCUT2D eigenvalue weighted by molar-refractivity contribution is -0.245. The fourth-order valence-electron chi connectivity index (χ4n) is 1.59. The first-order valence-corrected chi connectivity index (χ1v) is 5.13. The van der Waals surface area contributed by atoms with Crippen LogP contribution in [0, 0.1) is 0 Å². The lowest BCUT2D eigenvalue weighted by Crippen LogP contribution is -2.46. The highest BCUT2D eigenvalue weighted by Gasteiger charge is 2.52. The maximum Gasteiger partial charge on any atom is 0.219 e. The van der Waals surface area contributed by atoms with E-state index in [4.69, 9.17) is 9.84 Å². The molecule has 0 radical (unpaired) electrons. The fourth-order valence-corrected chi connectivity index (χ4v) is 1.59. The molecule has 1 fully saturated rings. The highest BCUT2D eigenvalue weighted by atomic mass is 16.7. The monoisotopic (exact) mass is 221 g/mol. The number of nitrogens with one attached hydrogen (secondary N) is 1. The van der Waals surface area contributed by atoms with Crippen molar-refractivity contribution < 1.29 is 25.2 Å². The summed E-state index contributed by atoms with van der Waals surface area (Å²) in [6.07, 6.45) is -2.43. The standard InChI is InChI=1S/C9H19NO5/c1-2-3-10-4-6-7(12)8(13)9(14,5-11)15-6/h6-8,10-14H,2-5H2,1H3/t6-,7+,8-,9+/m0/s1. The molecule has 15 heavy (non-hydrogen) atoms. The molecule has 0 bridgehead atoms. The van der Waals surface area contributed by atoms with E-state index in [1.807, 2.05) is 6.92 Å². The molecule has 1 heterocycles. The Balaban J connectivity index is 2.48. The van der Waals surface area contributed by atoms with Crippen molar-refractivity contribution in [2.24, 2.45) is 0 Å². The summed E-state index contributed by atoms with van der Waals surface area (Å²) in [5.41, 5.74) is 0. The minimum Gasteiger partial charge on any atom is -0.391 e. The highest BCUT2D eigenvalue weighted by molar-refractivity contribution is 4.95. The molecule has 6 nitrogen and oxygen atoms in total. The molecule has 0 aromatic rings. The Kier molecular flexibility index (Phi) is 4.45. The van der Waals surface area contributed by atoms with Gasteiger partial charge in [-0.05, 0) is 13.0 Å². The predicted molar refractivity (Wildman–Crippen MR) is 52.1 cm³/mol. The van der Waals surface area contributed by atoms with Gasteiger partial charge in [0.05, 0.1) is 6.61 Å². The Morgan fingerprint density at radius 1 is 1.40 bits per heavy atom. The summed E-state index contributed by atoms with van der Waals surface area (Å²) < 4.78 is 5.01. The van der Waals surface area contributed by atoms with Gasteiger partial charge in [0.2, 0.25) is 5.79 Å². The first-order valence-electron chi connectivity index (χ1n) is 5.13. The third-order valence-corrected chi connectivity index (χ3v) is 2.52. The van der Waals surface area contributed by atoms with Gasteiger partial charge >= 0.3 is 0 Å². The average molecular weight is 221 g/mol. The van der Waals surface area contributed by atoms with Crippen molar-refractivity contribution in [1.29, 1.82) is 0 Å². The van der Waals surface area contributed by atoms with Crippen LogP contribution in [-0.4, -0.2) is 64.2 Å². The van der Waals surface area contributed by atoms with Crippen LogP contribution in [0.4, 0.5) is 0 Å². The van der Waals surface area contributed by atoms with Crippen molar-refractivity contribution in [3.05, 3.63) is 0 Å². The van der Waals surface area contributed by atoms with Gasteiger partial charge in [-0.15, -0.1) is 0 Å². The molecule has 0 amide bonds. The molecule has 1 rings (SSSR count). The zero-order valence-corrected chi connectivity index (χ0v) is 8.76. The number of aliphatic hydroxyl groups is 4. The topological polar surface area (TPSA) is 102 Å². The molecule has 0 aliphatic carbocycles. The van der Waals surface area contributed by atoms with Gasteiger partial charge in [-0.1, -0.05) is 6.92 Å². The van der Waals surface area contributed by atoms with Gasteiger partial charge in [0.1, 0.15) is 18.3 Å². The van der Waals surface area contributed by atoms with Crippen molar-refractivity contribution in [2.75, 3.05) is 19.7 Å². The van der Waals surface area contributed by atoms with Gasteiger partial charge in [0, 0.05) is 6.54 Å². The van der Waals surface area contributed by atoms with Gasteiger partial charge in [-0.25, -0.2) is 0 Å². The number of ether oxygens (including phenoxy) is 1. The number of rotatable bonds is 5. The van der Waals surface area contributed by atoms with Crippen LogP contribution in [-0.2, 0) is 4.74 Å². The maximum atomic E-state index is 9.56. The van der Waals surface area contributed by atoms with Gasteiger partial charge in [0.25, 0.3) is 0 Å². The molecule has 5 N–H and O–H groups in total. The van der Waals surface area contributed by atoms with Gasteiger partial charge < -0.3 is 30.5 Å². The Hall–Kier alpha value is -0.240. The predicted octanol–water partition coefficient (Wildman–Crippen LogP) is -2.21. The number of hydrogen-bond donors (Lipinski definition) is 5. The first kappa shape index (κ1) is 12.8. The second-order valence-corrected chi connectivity index (χ2v) is 3.80. The lowest BCUT2D eigenvalue weighted by atomic mass is 10.1. The molecule has 90 valence electrons. The summed E-state index contributed by atoms with van der Waals surface area (Å²) in [4.78, 5) is 0. The molecule has 0 unspecified atom stereocenters. The van der Waals surface area contributed by atoms with Crippen molar-refractivity contribution >= 4 is 0 Å². The van der Waals surface area contributed by atoms with Crippen LogP contribution in [0.25, 0.3) is 0 Å². The van der Waals surface area contributed by atoms with E-state index in [-0.39, 0.29) is 0 Å². The summed E-state index contributed by atoms with van der Waals surface area (Å²) in [7, 11) is 0. The van der Waals surface area contributed by atoms with E-state index in [1.54, 1.807) is 0 Å². The third kappa shape index (κ3) is 2.66. The summed E-state index contributed by atoms with van der Waals surface area (Å²) >= 11 is 0. The fraction of sp³-hybridized carbons (Fsp3) is 1.00. The Morgan fingerprint density at radius 2 is 2.07 bits per heavy atom. The second kappa shape index (κ2) is 5.20. The van der Waals surface area contributed by atoms with Crippen molar-refractivity contribution in [2.45, 2.75) is 37.4 Å². The smallest absolute Gasteiger partial charge is 0.219 e.